The van der Waals surface area contributed by atoms with Gasteiger partial charge in [0.1, 0.15) is 11.9 Å². The number of aromatic nitrogens is 4. The molecule has 7 nitrogen and oxygen atoms in total. The van der Waals surface area contributed by atoms with Gasteiger partial charge in [0.05, 0.1) is 11.3 Å². The summed E-state index contributed by atoms with van der Waals surface area (Å²) in [5.74, 6) is -0.325. The molecule has 34 heavy (non-hydrogen) atoms. The molecule has 0 saturated carbocycles. The first kappa shape index (κ1) is 23.0. The molecule has 1 N–H and O–H groups in total. The quantitative estimate of drug-likeness (QED) is 0.484. The lowest BCUT2D eigenvalue weighted by molar-refractivity contribution is -0.137. The summed E-state index contributed by atoms with van der Waals surface area (Å²) >= 11 is 0. The number of para-hydroxylation sites is 1. The molecule has 0 radical (unpaired) electrons. The van der Waals surface area contributed by atoms with E-state index in [0.717, 1.165) is 16.8 Å². The Hall–Kier alpha value is -4.21. The second kappa shape index (κ2) is 8.97. The number of rotatable bonds is 5. The first-order valence-electron chi connectivity index (χ1n) is 10.3. The first-order valence-corrected chi connectivity index (χ1v) is 10.3. The van der Waals surface area contributed by atoms with Crippen LogP contribution in [0.3, 0.4) is 0 Å². The van der Waals surface area contributed by atoms with Crippen molar-refractivity contribution in [2.75, 3.05) is 0 Å². The number of alkyl halides is 3. The lowest BCUT2D eigenvalue weighted by atomic mass is 10.1. The number of carbonyl (C=O) groups excluding carboxylic acids is 1. The summed E-state index contributed by atoms with van der Waals surface area (Å²) in [5, 5.41) is 6.79. The molecule has 0 saturated heterocycles. The van der Waals surface area contributed by atoms with Gasteiger partial charge in [0.2, 0.25) is 5.43 Å². The Balaban J connectivity index is 1.78. The maximum absolute atomic E-state index is 13.6. The van der Waals surface area contributed by atoms with Crippen LogP contribution in [0.2, 0.25) is 0 Å². The van der Waals surface area contributed by atoms with Gasteiger partial charge in [0.25, 0.3) is 5.91 Å². The molecule has 0 aliphatic carbocycles. The molecule has 0 fully saturated rings. The van der Waals surface area contributed by atoms with Gasteiger partial charge in [-0.25, -0.2) is 9.67 Å². The second-order valence-electron chi connectivity index (χ2n) is 7.64. The van der Waals surface area contributed by atoms with Crippen molar-refractivity contribution in [1.82, 2.24) is 24.6 Å². The van der Waals surface area contributed by atoms with Gasteiger partial charge in [-0.15, -0.1) is 0 Å². The Morgan fingerprint density at radius 3 is 2.38 bits per heavy atom. The van der Waals surface area contributed by atoms with E-state index in [1.54, 1.807) is 48.3 Å². The topological polar surface area (TPSA) is 81.8 Å². The number of carbonyl (C=O) groups is 1. The maximum Gasteiger partial charge on any atom is 0.418 e. The minimum absolute atomic E-state index is 0.155. The zero-order valence-corrected chi connectivity index (χ0v) is 18.2. The van der Waals surface area contributed by atoms with Gasteiger partial charge in [-0.1, -0.05) is 42.5 Å². The summed E-state index contributed by atoms with van der Waals surface area (Å²) in [6, 6.07) is 14.2. The molecule has 2 heterocycles. The number of nitrogens with one attached hydrogen (secondary N) is 1. The van der Waals surface area contributed by atoms with Crippen molar-refractivity contribution in [3.63, 3.8) is 0 Å². The molecule has 0 spiro atoms. The highest BCUT2D eigenvalue weighted by Gasteiger charge is 2.34. The molecule has 174 valence electrons. The van der Waals surface area contributed by atoms with Gasteiger partial charge in [-0.2, -0.15) is 18.3 Å². The highest BCUT2D eigenvalue weighted by Crippen LogP contribution is 2.33. The molecule has 0 aliphatic rings. The van der Waals surface area contributed by atoms with Crippen LogP contribution >= 0.6 is 0 Å². The Labute approximate surface area is 192 Å². The van der Waals surface area contributed by atoms with Crippen LogP contribution in [0.5, 0.6) is 0 Å². The van der Waals surface area contributed by atoms with Crippen molar-refractivity contribution in [2.24, 2.45) is 7.05 Å². The molecule has 2 aromatic carbocycles. The van der Waals surface area contributed by atoms with Crippen molar-refractivity contribution in [1.29, 1.82) is 0 Å². The minimum Gasteiger partial charge on any atom is -0.336 e. The monoisotopic (exact) mass is 467 g/mol. The fourth-order valence-electron chi connectivity index (χ4n) is 3.64. The third-order valence-electron chi connectivity index (χ3n) is 5.29. The van der Waals surface area contributed by atoms with Gasteiger partial charge in [-0.05, 0) is 24.6 Å². The van der Waals surface area contributed by atoms with Gasteiger partial charge in [0, 0.05) is 31.2 Å². The molecule has 1 amide bonds. The van der Waals surface area contributed by atoms with Gasteiger partial charge in [0.15, 0.2) is 5.69 Å². The fraction of sp³-hybridized carbons (Fsp3) is 0.167. The Bertz CT molecular complexity index is 1390. The van der Waals surface area contributed by atoms with Crippen molar-refractivity contribution >= 4 is 5.91 Å². The number of benzene rings is 2. The van der Waals surface area contributed by atoms with E-state index in [9.17, 15) is 22.8 Å². The van der Waals surface area contributed by atoms with Gasteiger partial charge < -0.3 is 9.88 Å². The van der Waals surface area contributed by atoms with Crippen molar-refractivity contribution in [3.05, 3.63) is 112 Å². The van der Waals surface area contributed by atoms with E-state index in [1.807, 2.05) is 6.07 Å². The molecule has 0 aliphatic heterocycles. The summed E-state index contributed by atoms with van der Waals surface area (Å²) in [5.41, 5.74) is -1.59. The van der Waals surface area contributed by atoms with E-state index in [4.69, 9.17) is 0 Å². The normalized spacial score (nSPS) is 12.4. The number of hydrogen-bond donors (Lipinski definition) is 1. The van der Waals surface area contributed by atoms with E-state index in [0.29, 0.717) is 11.4 Å². The molecular formula is C24H20F3N5O2. The Morgan fingerprint density at radius 2 is 1.74 bits per heavy atom. The van der Waals surface area contributed by atoms with Crippen LogP contribution in [0, 0.1) is 6.92 Å². The molecule has 10 heteroatoms. The summed E-state index contributed by atoms with van der Waals surface area (Å²) in [4.78, 5) is 30.1. The standard InChI is InChI=1S/C24H20F3N5O2/c1-15-14-19(33)21(30-32(15)18-11-7-6-10-17(18)24(25,26)27)23(34)29-20(16-8-4-3-5-9-16)22-28-12-13-31(22)2/h3-14,20H,1-2H3,(H,29,34)/t20-/m0/s1. The second-order valence-corrected chi connectivity index (χ2v) is 7.64. The minimum atomic E-state index is -4.65. The van der Waals surface area contributed by atoms with Crippen LogP contribution in [0.4, 0.5) is 13.2 Å². The summed E-state index contributed by atoms with van der Waals surface area (Å²) < 4.78 is 43.4. The predicted molar refractivity (Wildman–Crippen MR) is 119 cm³/mol. The van der Waals surface area contributed by atoms with Crippen LogP contribution in [-0.4, -0.2) is 25.2 Å². The summed E-state index contributed by atoms with van der Waals surface area (Å²) in [6.07, 6.45) is -1.36. The van der Waals surface area contributed by atoms with Crippen molar-refractivity contribution < 1.29 is 18.0 Å². The lowest BCUT2D eigenvalue weighted by Crippen LogP contribution is -2.36. The van der Waals surface area contributed by atoms with E-state index < -0.39 is 34.8 Å². The number of nitrogens with zero attached hydrogens (tertiary/aromatic N) is 4. The molecule has 0 bridgehead atoms. The maximum atomic E-state index is 13.6. The number of aryl methyl sites for hydroxylation is 2. The molecule has 4 aromatic rings. The SMILES string of the molecule is Cc1cc(=O)c(C(=O)N[C@@H](c2ccccc2)c2nccn2C)nn1-c1ccccc1C(F)(F)F. The first-order chi connectivity index (χ1) is 16.2. The molecule has 1 atom stereocenters. The Morgan fingerprint density at radius 1 is 1.06 bits per heavy atom. The number of amides is 1. The third-order valence-corrected chi connectivity index (χ3v) is 5.29. The van der Waals surface area contributed by atoms with Crippen molar-refractivity contribution in [3.8, 4) is 5.69 Å². The van der Waals surface area contributed by atoms with E-state index >= 15 is 0 Å². The summed E-state index contributed by atoms with van der Waals surface area (Å²) in [7, 11) is 1.76. The van der Waals surface area contributed by atoms with Crippen LogP contribution in [0.15, 0.2) is 77.9 Å². The number of hydrogen-bond acceptors (Lipinski definition) is 4. The highest BCUT2D eigenvalue weighted by atomic mass is 19.4. The summed E-state index contributed by atoms with van der Waals surface area (Å²) in [6.45, 7) is 1.45. The molecule has 4 rings (SSSR count). The van der Waals surface area contributed by atoms with Crippen LogP contribution in [0.25, 0.3) is 5.69 Å². The van der Waals surface area contributed by atoms with E-state index in [1.165, 1.54) is 25.1 Å². The molecule has 2 aromatic heterocycles. The third kappa shape index (κ3) is 4.47. The highest BCUT2D eigenvalue weighted by molar-refractivity contribution is 5.92. The van der Waals surface area contributed by atoms with Crippen molar-refractivity contribution in [2.45, 2.75) is 19.1 Å². The zero-order chi connectivity index (χ0) is 24.5. The van der Waals surface area contributed by atoms with Crippen LogP contribution < -0.4 is 10.7 Å². The smallest absolute Gasteiger partial charge is 0.336 e. The van der Waals surface area contributed by atoms with Gasteiger partial charge in [-0.3, -0.25) is 9.59 Å². The lowest BCUT2D eigenvalue weighted by Gasteiger charge is -2.20. The Kier molecular flexibility index (Phi) is 6.06. The van der Waals surface area contributed by atoms with Crippen LogP contribution in [0.1, 0.15) is 39.2 Å². The number of halogens is 3. The fourth-order valence-corrected chi connectivity index (χ4v) is 3.64. The average molecular weight is 467 g/mol. The van der Waals surface area contributed by atoms with Crippen LogP contribution in [-0.2, 0) is 13.2 Å². The average Bonchev–Trinajstić information content (AvgIpc) is 3.23. The van der Waals surface area contributed by atoms with Gasteiger partial charge >= 0.3 is 6.18 Å². The zero-order valence-electron chi connectivity index (χ0n) is 18.2. The predicted octanol–water partition coefficient (Wildman–Crippen LogP) is 3.81. The van der Waals surface area contributed by atoms with E-state index in [2.05, 4.69) is 15.4 Å². The molecule has 0 unspecified atom stereocenters. The number of imidazole rings is 1. The molecular weight excluding hydrogens is 447 g/mol. The largest absolute Gasteiger partial charge is 0.418 e. The van der Waals surface area contributed by atoms with E-state index in [-0.39, 0.29) is 11.4 Å².